The first kappa shape index (κ1) is 12.5. The lowest BCUT2D eigenvalue weighted by atomic mass is 10.1. The van der Waals surface area contributed by atoms with Gasteiger partial charge < -0.3 is 10.5 Å². The van der Waals surface area contributed by atoms with Crippen molar-refractivity contribution in [3.05, 3.63) is 24.0 Å². The number of anilines is 1. The van der Waals surface area contributed by atoms with Crippen LogP contribution in [-0.4, -0.2) is 17.6 Å². The number of rotatable bonds is 5. The number of nitrogens with zero attached hydrogens (tertiary/aromatic N) is 1. The van der Waals surface area contributed by atoms with Crippen molar-refractivity contribution in [3.8, 4) is 0 Å². The van der Waals surface area contributed by atoms with E-state index in [1.807, 2.05) is 13.8 Å². The van der Waals surface area contributed by atoms with E-state index < -0.39 is 0 Å². The first-order chi connectivity index (χ1) is 7.63. The minimum absolute atomic E-state index is 0.0335. The fourth-order valence-electron chi connectivity index (χ4n) is 1.20. The number of aromatic nitrogens is 1. The lowest BCUT2D eigenvalue weighted by molar-refractivity contribution is -0.147. The largest absolute Gasteiger partial charge is 0.465 e. The molecule has 16 heavy (non-hydrogen) atoms. The van der Waals surface area contributed by atoms with Gasteiger partial charge in [0.15, 0.2) is 0 Å². The number of hydrogen-bond acceptors (Lipinski definition) is 4. The highest BCUT2D eigenvalue weighted by molar-refractivity contribution is 5.71. The summed E-state index contributed by atoms with van der Waals surface area (Å²) in [6.45, 7) is 4.19. The van der Waals surface area contributed by atoms with E-state index in [-0.39, 0.29) is 11.9 Å². The van der Waals surface area contributed by atoms with Gasteiger partial charge in [0.2, 0.25) is 0 Å². The van der Waals surface area contributed by atoms with Crippen molar-refractivity contribution in [2.75, 3.05) is 12.3 Å². The first-order valence-electron chi connectivity index (χ1n) is 5.50. The van der Waals surface area contributed by atoms with Crippen molar-refractivity contribution in [2.45, 2.75) is 26.7 Å². The van der Waals surface area contributed by atoms with Gasteiger partial charge in [-0.05, 0) is 18.6 Å². The van der Waals surface area contributed by atoms with Gasteiger partial charge in [-0.25, -0.2) is 0 Å². The second-order valence-electron chi connectivity index (χ2n) is 3.81. The summed E-state index contributed by atoms with van der Waals surface area (Å²) in [4.78, 5) is 15.5. The molecule has 1 rings (SSSR count). The van der Waals surface area contributed by atoms with Gasteiger partial charge in [0.1, 0.15) is 0 Å². The molecule has 4 heteroatoms. The number of carbonyl (C=O) groups excluding carboxylic acids is 1. The van der Waals surface area contributed by atoms with Crippen LogP contribution in [-0.2, 0) is 16.0 Å². The average Bonchev–Trinajstić information content (AvgIpc) is 2.28. The molecular formula is C12H18N2O2. The van der Waals surface area contributed by atoms with Crippen LogP contribution < -0.4 is 5.73 Å². The maximum absolute atomic E-state index is 11.4. The summed E-state index contributed by atoms with van der Waals surface area (Å²) < 4.78 is 5.12. The molecule has 0 aliphatic carbocycles. The summed E-state index contributed by atoms with van der Waals surface area (Å²) in [6, 6.07) is 3.52. The smallest absolute Gasteiger partial charge is 0.308 e. The van der Waals surface area contributed by atoms with Crippen LogP contribution in [0.1, 0.15) is 26.0 Å². The van der Waals surface area contributed by atoms with Gasteiger partial charge in [-0.1, -0.05) is 13.8 Å². The maximum atomic E-state index is 11.4. The Hall–Kier alpha value is -1.58. The molecule has 0 bridgehead atoms. The quantitative estimate of drug-likeness (QED) is 0.771. The van der Waals surface area contributed by atoms with E-state index >= 15 is 0 Å². The van der Waals surface area contributed by atoms with Gasteiger partial charge in [-0.2, -0.15) is 0 Å². The van der Waals surface area contributed by atoms with E-state index in [1.165, 1.54) is 0 Å². The molecule has 0 radical (unpaired) electrons. The van der Waals surface area contributed by atoms with E-state index in [9.17, 15) is 4.79 Å². The zero-order chi connectivity index (χ0) is 12.0. The van der Waals surface area contributed by atoms with E-state index in [1.54, 1.807) is 18.3 Å². The van der Waals surface area contributed by atoms with E-state index in [0.717, 1.165) is 12.1 Å². The van der Waals surface area contributed by atoms with Gasteiger partial charge in [0.05, 0.1) is 12.5 Å². The molecule has 1 atom stereocenters. The minimum Gasteiger partial charge on any atom is -0.465 e. The van der Waals surface area contributed by atoms with E-state index in [0.29, 0.717) is 18.7 Å². The van der Waals surface area contributed by atoms with Gasteiger partial charge >= 0.3 is 5.97 Å². The van der Waals surface area contributed by atoms with Crippen molar-refractivity contribution in [1.29, 1.82) is 0 Å². The molecule has 0 spiro atoms. The fraction of sp³-hybridized carbons (Fsp3) is 0.500. The molecule has 0 aliphatic rings. The van der Waals surface area contributed by atoms with Gasteiger partial charge in [0, 0.05) is 24.0 Å². The Labute approximate surface area is 95.8 Å². The lowest BCUT2D eigenvalue weighted by Gasteiger charge is -2.08. The van der Waals surface area contributed by atoms with Crippen molar-refractivity contribution in [3.63, 3.8) is 0 Å². The highest BCUT2D eigenvalue weighted by atomic mass is 16.5. The topological polar surface area (TPSA) is 65.2 Å². The van der Waals surface area contributed by atoms with E-state index in [2.05, 4.69) is 4.98 Å². The van der Waals surface area contributed by atoms with Crippen LogP contribution >= 0.6 is 0 Å². The Balaban J connectivity index is 2.33. The summed E-state index contributed by atoms with van der Waals surface area (Å²) in [6.07, 6.45) is 3.06. The molecule has 0 saturated carbocycles. The Morgan fingerprint density at radius 2 is 2.38 bits per heavy atom. The minimum atomic E-state index is -0.147. The molecule has 0 aromatic carbocycles. The molecule has 1 aromatic rings. The summed E-state index contributed by atoms with van der Waals surface area (Å²) in [5.41, 5.74) is 7.14. The standard InChI is InChI=1S/C12H18N2O2/c1-3-9(2)12(15)16-7-5-11-8-10(13)4-6-14-11/h4,6,8-9H,3,5,7H2,1-2H3,(H2,13,14). The lowest BCUT2D eigenvalue weighted by Crippen LogP contribution is -2.15. The van der Waals surface area contributed by atoms with Crippen LogP contribution in [0.25, 0.3) is 0 Å². The molecule has 0 fully saturated rings. The van der Waals surface area contributed by atoms with Crippen LogP contribution in [0.3, 0.4) is 0 Å². The van der Waals surface area contributed by atoms with Crippen molar-refractivity contribution in [2.24, 2.45) is 5.92 Å². The first-order valence-corrected chi connectivity index (χ1v) is 5.50. The number of carbonyl (C=O) groups is 1. The van der Waals surface area contributed by atoms with Crippen LogP contribution in [0.2, 0.25) is 0 Å². The third-order valence-corrected chi connectivity index (χ3v) is 2.46. The summed E-state index contributed by atoms with van der Waals surface area (Å²) >= 11 is 0. The summed E-state index contributed by atoms with van der Waals surface area (Å²) in [7, 11) is 0. The zero-order valence-corrected chi connectivity index (χ0v) is 9.77. The number of ether oxygens (including phenoxy) is 1. The Morgan fingerprint density at radius 3 is 3.00 bits per heavy atom. The average molecular weight is 222 g/mol. The SMILES string of the molecule is CCC(C)C(=O)OCCc1cc(N)ccn1. The molecule has 1 aromatic heterocycles. The van der Waals surface area contributed by atoms with Crippen molar-refractivity contribution >= 4 is 11.7 Å². The molecule has 4 nitrogen and oxygen atoms in total. The number of nitrogens with two attached hydrogens (primary N) is 1. The van der Waals surface area contributed by atoms with Gasteiger partial charge in [-0.3, -0.25) is 9.78 Å². The van der Waals surface area contributed by atoms with E-state index in [4.69, 9.17) is 10.5 Å². The highest BCUT2D eigenvalue weighted by Crippen LogP contribution is 2.06. The second kappa shape index (κ2) is 6.10. The van der Waals surface area contributed by atoms with Crippen LogP contribution in [0, 0.1) is 5.92 Å². The third kappa shape index (κ3) is 3.88. The maximum Gasteiger partial charge on any atom is 0.308 e. The number of hydrogen-bond donors (Lipinski definition) is 1. The normalized spacial score (nSPS) is 12.1. The van der Waals surface area contributed by atoms with Crippen molar-refractivity contribution in [1.82, 2.24) is 4.98 Å². The number of pyridine rings is 1. The second-order valence-corrected chi connectivity index (χ2v) is 3.81. The van der Waals surface area contributed by atoms with Crippen LogP contribution in [0.15, 0.2) is 18.3 Å². The molecular weight excluding hydrogens is 204 g/mol. The number of esters is 1. The number of nitrogen functional groups attached to an aromatic ring is 1. The van der Waals surface area contributed by atoms with Crippen LogP contribution in [0.5, 0.6) is 0 Å². The molecule has 0 saturated heterocycles. The highest BCUT2D eigenvalue weighted by Gasteiger charge is 2.11. The molecule has 1 unspecified atom stereocenters. The molecule has 0 aliphatic heterocycles. The molecule has 1 heterocycles. The summed E-state index contributed by atoms with van der Waals surface area (Å²) in [5.74, 6) is -0.180. The Morgan fingerprint density at radius 1 is 1.62 bits per heavy atom. The Kier molecular flexibility index (Phi) is 4.76. The van der Waals surface area contributed by atoms with Crippen molar-refractivity contribution < 1.29 is 9.53 Å². The zero-order valence-electron chi connectivity index (χ0n) is 9.77. The van der Waals surface area contributed by atoms with Gasteiger partial charge in [0.25, 0.3) is 0 Å². The Bertz CT molecular complexity index is 353. The monoisotopic (exact) mass is 222 g/mol. The molecule has 0 amide bonds. The summed E-state index contributed by atoms with van der Waals surface area (Å²) in [5, 5.41) is 0. The molecule has 88 valence electrons. The fourth-order valence-corrected chi connectivity index (χ4v) is 1.20. The third-order valence-electron chi connectivity index (χ3n) is 2.46. The predicted molar refractivity (Wildman–Crippen MR) is 62.8 cm³/mol. The van der Waals surface area contributed by atoms with Crippen LogP contribution in [0.4, 0.5) is 5.69 Å². The van der Waals surface area contributed by atoms with Gasteiger partial charge in [-0.15, -0.1) is 0 Å². The molecule has 2 N–H and O–H groups in total. The predicted octanol–water partition coefficient (Wildman–Crippen LogP) is 1.80.